The van der Waals surface area contributed by atoms with E-state index < -0.39 is 0 Å². The van der Waals surface area contributed by atoms with Crippen molar-refractivity contribution < 1.29 is 4.74 Å². The molecule has 96 valence electrons. The van der Waals surface area contributed by atoms with E-state index in [4.69, 9.17) is 10.5 Å². The predicted octanol–water partition coefficient (Wildman–Crippen LogP) is 2.63. The molecule has 3 N–H and O–H groups in total. The lowest BCUT2D eigenvalue weighted by Gasteiger charge is -2.19. The second-order valence-electron chi connectivity index (χ2n) is 4.74. The Morgan fingerprint density at radius 3 is 2.47 bits per heavy atom. The molecule has 1 atom stereocenters. The molecule has 0 amide bonds. The molecule has 0 aliphatic rings. The van der Waals surface area contributed by atoms with Gasteiger partial charge in [0.2, 0.25) is 0 Å². The van der Waals surface area contributed by atoms with Gasteiger partial charge in [0.25, 0.3) is 0 Å². The summed E-state index contributed by atoms with van der Waals surface area (Å²) >= 11 is 0. The van der Waals surface area contributed by atoms with Crippen molar-refractivity contribution >= 4 is 5.69 Å². The minimum Gasteiger partial charge on any atom is -0.496 e. The van der Waals surface area contributed by atoms with Gasteiger partial charge in [-0.3, -0.25) is 0 Å². The van der Waals surface area contributed by atoms with Gasteiger partial charge in [0, 0.05) is 12.2 Å². The molecule has 1 unspecified atom stereocenters. The third-order valence-corrected chi connectivity index (χ3v) is 3.30. The fourth-order valence-corrected chi connectivity index (χ4v) is 1.89. The molecule has 0 heterocycles. The first-order valence-electron chi connectivity index (χ1n) is 6.10. The summed E-state index contributed by atoms with van der Waals surface area (Å²) < 4.78 is 5.36. The molecule has 3 nitrogen and oxygen atoms in total. The second kappa shape index (κ2) is 5.92. The lowest BCUT2D eigenvalue weighted by Crippen LogP contribution is -2.20. The number of nitrogens with one attached hydrogen (secondary N) is 1. The highest BCUT2D eigenvalue weighted by Gasteiger charge is 2.10. The van der Waals surface area contributed by atoms with E-state index in [-0.39, 0.29) is 0 Å². The number of nitrogens with two attached hydrogens (primary N) is 1. The Morgan fingerprint density at radius 2 is 1.94 bits per heavy atom. The van der Waals surface area contributed by atoms with Crippen LogP contribution in [0.1, 0.15) is 23.6 Å². The monoisotopic (exact) mass is 236 g/mol. The summed E-state index contributed by atoms with van der Waals surface area (Å²) in [5, 5.41) is 3.49. The maximum atomic E-state index is 5.63. The largest absolute Gasteiger partial charge is 0.496 e. The Morgan fingerprint density at radius 1 is 1.29 bits per heavy atom. The maximum Gasteiger partial charge on any atom is 0.122 e. The van der Waals surface area contributed by atoms with Crippen molar-refractivity contribution in [2.75, 3.05) is 25.5 Å². The number of methoxy groups -OCH3 is 1. The maximum absolute atomic E-state index is 5.63. The van der Waals surface area contributed by atoms with E-state index in [2.05, 4.69) is 39.1 Å². The first kappa shape index (κ1) is 13.8. The van der Waals surface area contributed by atoms with Gasteiger partial charge in [0.1, 0.15) is 5.75 Å². The average Bonchev–Trinajstić information content (AvgIpc) is 2.33. The number of hydrogen-bond donors (Lipinski definition) is 2. The first-order chi connectivity index (χ1) is 8.01. The fourth-order valence-electron chi connectivity index (χ4n) is 1.89. The van der Waals surface area contributed by atoms with Crippen molar-refractivity contribution in [3.05, 3.63) is 22.8 Å². The van der Waals surface area contributed by atoms with Crippen molar-refractivity contribution in [1.82, 2.24) is 0 Å². The quantitative estimate of drug-likeness (QED) is 0.826. The van der Waals surface area contributed by atoms with Crippen LogP contribution in [0, 0.1) is 26.7 Å². The molecule has 1 aromatic carbocycles. The van der Waals surface area contributed by atoms with Crippen molar-refractivity contribution in [3.8, 4) is 5.75 Å². The molecule has 3 heteroatoms. The van der Waals surface area contributed by atoms with Gasteiger partial charge in [-0.05, 0) is 56.0 Å². The summed E-state index contributed by atoms with van der Waals surface area (Å²) in [5.41, 5.74) is 10.5. The standard InChI is InChI=1S/C14H24N2O/c1-9(7-15)8-16-14-10(2)6-13(17-5)11(3)12(14)4/h6,9,16H,7-8,15H2,1-5H3. The molecule has 0 bridgehead atoms. The van der Waals surface area contributed by atoms with Gasteiger partial charge in [-0.1, -0.05) is 6.92 Å². The van der Waals surface area contributed by atoms with E-state index in [9.17, 15) is 0 Å². The SMILES string of the molecule is COc1cc(C)c(NCC(C)CN)c(C)c1C. The molecule has 0 spiro atoms. The summed E-state index contributed by atoms with van der Waals surface area (Å²) in [5.74, 6) is 1.44. The van der Waals surface area contributed by atoms with Crippen LogP contribution in [0.15, 0.2) is 6.07 Å². The van der Waals surface area contributed by atoms with Gasteiger partial charge >= 0.3 is 0 Å². The normalized spacial score (nSPS) is 12.4. The second-order valence-corrected chi connectivity index (χ2v) is 4.74. The van der Waals surface area contributed by atoms with E-state index in [0.717, 1.165) is 12.3 Å². The topological polar surface area (TPSA) is 47.3 Å². The number of benzene rings is 1. The Labute approximate surface area is 104 Å². The third kappa shape index (κ3) is 3.13. The molecule has 17 heavy (non-hydrogen) atoms. The molecule has 0 aliphatic carbocycles. The number of ether oxygens (including phenoxy) is 1. The van der Waals surface area contributed by atoms with E-state index in [1.54, 1.807) is 7.11 Å². The highest BCUT2D eigenvalue weighted by molar-refractivity contribution is 5.63. The van der Waals surface area contributed by atoms with E-state index in [1.807, 2.05) is 0 Å². The van der Waals surface area contributed by atoms with E-state index >= 15 is 0 Å². The third-order valence-electron chi connectivity index (χ3n) is 3.30. The molecule has 0 radical (unpaired) electrons. The highest BCUT2D eigenvalue weighted by atomic mass is 16.5. The average molecular weight is 236 g/mol. The molecular weight excluding hydrogens is 212 g/mol. The molecule has 0 saturated heterocycles. The molecule has 0 saturated carbocycles. The molecule has 0 aromatic heterocycles. The van der Waals surface area contributed by atoms with Gasteiger partial charge < -0.3 is 15.8 Å². The summed E-state index contributed by atoms with van der Waals surface area (Å²) in [6.07, 6.45) is 0. The van der Waals surface area contributed by atoms with Gasteiger partial charge in [-0.25, -0.2) is 0 Å². The van der Waals surface area contributed by atoms with E-state index in [1.165, 1.54) is 22.4 Å². The molecular formula is C14H24N2O. The summed E-state index contributed by atoms with van der Waals surface area (Å²) in [6.45, 7) is 10.1. The van der Waals surface area contributed by atoms with Crippen LogP contribution >= 0.6 is 0 Å². The van der Waals surface area contributed by atoms with Gasteiger partial charge in [-0.2, -0.15) is 0 Å². The molecule has 1 aromatic rings. The molecule has 0 fully saturated rings. The van der Waals surface area contributed by atoms with Gasteiger partial charge in [0.05, 0.1) is 7.11 Å². The lowest BCUT2D eigenvalue weighted by atomic mass is 10.0. The van der Waals surface area contributed by atoms with Crippen molar-refractivity contribution in [2.24, 2.45) is 11.7 Å². The van der Waals surface area contributed by atoms with Crippen LogP contribution in [0.5, 0.6) is 5.75 Å². The Bertz CT molecular complexity index is 388. The van der Waals surface area contributed by atoms with Crippen LogP contribution < -0.4 is 15.8 Å². The predicted molar refractivity (Wildman–Crippen MR) is 73.9 cm³/mol. The van der Waals surface area contributed by atoms with Crippen LogP contribution in [-0.2, 0) is 0 Å². The van der Waals surface area contributed by atoms with E-state index in [0.29, 0.717) is 12.5 Å². The highest BCUT2D eigenvalue weighted by Crippen LogP contribution is 2.31. The van der Waals surface area contributed by atoms with Crippen molar-refractivity contribution in [2.45, 2.75) is 27.7 Å². The van der Waals surface area contributed by atoms with Crippen LogP contribution in [0.2, 0.25) is 0 Å². The van der Waals surface area contributed by atoms with Gasteiger partial charge in [-0.15, -0.1) is 0 Å². The minimum absolute atomic E-state index is 0.483. The summed E-state index contributed by atoms with van der Waals surface area (Å²) in [6, 6.07) is 2.08. The number of aryl methyl sites for hydroxylation is 1. The summed E-state index contributed by atoms with van der Waals surface area (Å²) in [7, 11) is 1.71. The number of hydrogen-bond acceptors (Lipinski definition) is 3. The number of rotatable bonds is 5. The van der Waals surface area contributed by atoms with Crippen molar-refractivity contribution in [1.29, 1.82) is 0 Å². The summed E-state index contributed by atoms with van der Waals surface area (Å²) in [4.78, 5) is 0. The molecule has 1 rings (SSSR count). The van der Waals surface area contributed by atoms with Crippen LogP contribution in [0.25, 0.3) is 0 Å². The zero-order valence-electron chi connectivity index (χ0n) is 11.6. The Balaban J connectivity index is 2.96. The van der Waals surface area contributed by atoms with Crippen LogP contribution in [0.4, 0.5) is 5.69 Å². The lowest BCUT2D eigenvalue weighted by molar-refractivity contribution is 0.411. The van der Waals surface area contributed by atoms with Gasteiger partial charge in [0.15, 0.2) is 0 Å². The minimum atomic E-state index is 0.483. The zero-order valence-corrected chi connectivity index (χ0v) is 11.6. The Kier molecular flexibility index (Phi) is 4.82. The number of anilines is 1. The smallest absolute Gasteiger partial charge is 0.122 e. The van der Waals surface area contributed by atoms with Crippen LogP contribution in [0.3, 0.4) is 0 Å². The van der Waals surface area contributed by atoms with Crippen molar-refractivity contribution in [3.63, 3.8) is 0 Å². The van der Waals surface area contributed by atoms with Crippen LogP contribution in [-0.4, -0.2) is 20.2 Å². The fraction of sp³-hybridized carbons (Fsp3) is 0.571. The first-order valence-corrected chi connectivity index (χ1v) is 6.10. The zero-order chi connectivity index (χ0) is 13.0. The molecule has 0 aliphatic heterocycles. The Hall–Kier alpha value is -1.22.